The molecule has 1 aromatic heterocycles. The summed E-state index contributed by atoms with van der Waals surface area (Å²) in [7, 11) is 0. The van der Waals surface area contributed by atoms with Crippen LogP contribution in [0.5, 0.6) is 5.75 Å². The summed E-state index contributed by atoms with van der Waals surface area (Å²) in [6, 6.07) is 18.7. The largest absolute Gasteiger partial charge is 0.573 e. The highest BCUT2D eigenvalue weighted by atomic mass is 32.2. The summed E-state index contributed by atoms with van der Waals surface area (Å²) in [6.45, 7) is 9.08. The molecule has 0 bridgehead atoms. The van der Waals surface area contributed by atoms with E-state index < -0.39 is 12.4 Å². The van der Waals surface area contributed by atoms with Crippen molar-refractivity contribution in [3.05, 3.63) is 89.7 Å². The van der Waals surface area contributed by atoms with Crippen molar-refractivity contribution in [1.29, 1.82) is 0 Å². The third-order valence-corrected chi connectivity index (χ3v) is 8.20. The summed E-state index contributed by atoms with van der Waals surface area (Å²) in [5, 5.41) is 5.12. The number of hydrogen-bond acceptors (Lipinski definition) is 5. The van der Waals surface area contributed by atoms with Crippen LogP contribution >= 0.6 is 11.8 Å². The third-order valence-electron chi connectivity index (χ3n) is 7.13. The van der Waals surface area contributed by atoms with Gasteiger partial charge in [-0.2, -0.15) is 4.99 Å². The van der Waals surface area contributed by atoms with Gasteiger partial charge in [-0.25, -0.2) is 19.5 Å². The molecule has 2 heterocycles. The highest BCUT2D eigenvalue weighted by Gasteiger charge is 2.31. The van der Waals surface area contributed by atoms with E-state index in [0.29, 0.717) is 34.7 Å². The van der Waals surface area contributed by atoms with E-state index in [1.54, 1.807) is 11.8 Å². The van der Waals surface area contributed by atoms with Crippen LogP contribution in [0.3, 0.4) is 0 Å². The molecule has 0 spiro atoms. The fourth-order valence-corrected chi connectivity index (χ4v) is 6.17. The van der Waals surface area contributed by atoms with E-state index >= 15 is 0 Å². The average Bonchev–Trinajstić information content (AvgIpc) is 3.47. The number of carbonyl (C=O) groups is 1. The van der Waals surface area contributed by atoms with Crippen LogP contribution < -0.4 is 9.64 Å². The maximum Gasteiger partial charge on any atom is 0.573 e. The monoisotopic (exact) mass is 634 g/mol. The molecule has 1 aliphatic rings. The zero-order valence-electron chi connectivity index (χ0n) is 25.4. The summed E-state index contributed by atoms with van der Waals surface area (Å²) in [5.74, 6) is 1.38. The van der Waals surface area contributed by atoms with E-state index in [4.69, 9.17) is 0 Å². The van der Waals surface area contributed by atoms with E-state index in [0.717, 1.165) is 35.5 Å². The third kappa shape index (κ3) is 8.18. The first-order chi connectivity index (χ1) is 21.5. The number of alkyl halides is 3. The van der Waals surface area contributed by atoms with Crippen LogP contribution in [-0.2, 0) is 6.42 Å². The molecule has 12 heteroatoms. The Morgan fingerprint density at radius 2 is 1.80 bits per heavy atom. The maximum atomic E-state index is 12.9. The first-order valence-corrected chi connectivity index (χ1v) is 15.5. The minimum atomic E-state index is -4.75. The molecule has 0 saturated carbocycles. The number of rotatable bonds is 7. The molecule has 234 valence electrons. The summed E-state index contributed by atoms with van der Waals surface area (Å²) in [4.78, 5) is 28.1. The SMILES string of the molecule is CC(Cc1ccc(-c2ncn(-c3ccc(OC(F)(F)F)cc3)n2)cc1)=NC(=O)N=C1SCCCN1c1cccc(C)c1C(C)C. The number of thioether (sulfide) groups is 1. The fraction of sp³-hybridized carbons (Fsp3) is 0.303. The van der Waals surface area contributed by atoms with Gasteiger partial charge < -0.3 is 9.64 Å². The Bertz CT molecular complexity index is 1710. The summed E-state index contributed by atoms with van der Waals surface area (Å²) in [6.07, 6.45) is -1.79. The standard InChI is InChI=1S/C33H33F3N6O2S/c1-21(2)29-22(3)7-5-8-28(29)41-17-6-18-45-32(41)39-31(43)38-23(4)19-24-9-11-25(12-10-24)30-37-20-42(40-30)26-13-15-27(16-14-26)44-33(34,35)36/h5,7-16,20-21H,6,17-19H2,1-4H3. The molecule has 1 saturated heterocycles. The number of aromatic nitrogens is 3. The molecule has 3 aromatic carbocycles. The fourth-order valence-electron chi connectivity index (χ4n) is 5.22. The van der Waals surface area contributed by atoms with Crippen molar-refractivity contribution in [1.82, 2.24) is 14.8 Å². The molecule has 8 nitrogen and oxygen atoms in total. The molecule has 0 N–H and O–H groups in total. The van der Waals surface area contributed by atoms with Crippen molar-refractivity contribution >= 4 is 34.4 Å². The van der Waals surface area contributed by atoms with E-state index in [1.807, 2.05) is 37.3 Å². The topological polar surface area (TPSA) is 85.0 Å². The number of benzene rings is 3. The molecule has 0 atom stereocenters. The Hall–Kier alpha value is -4.45. The van der Waals surface area contributed by atoms with Crippen LogP contribution in [0.4, 0.5) is 23.7 Å². The zero-order valence-corrected chi connectivity index (χ0v) is 26.2. The number of aliphatic imine (C=N–C) groups is 2. The number of aryl methyl sites for hydroxylation is 1. The Labute approximate surface area is 264 Å². The quantitative estimate of drug-likeness (QED) is 0.190. The predicted molar refractivity (Wildman–Crippen MR) is 173 cm³/mol. The molecule has 0 radical (unpaired) electrons. The lowest BCUT2D eigenvalue weighted by atomic mass is 9.95. The van der Waals surface area contributed by atoms with Gasteiger partial charge in [-0.1, -0.05) is 62.0 Å². The number of nitrogens with zero attached hydrogens (tertiary/aromatic N) is 6. The summed E-state index contributed by atoms with van der Waals surface area (Å²) >= 11 is 1.58. The number of anilines is 1. The molecule has 2 amide bonds. The van der Waals surface area contributed by atoms with Gasteiger partial charge in [0.15, 0.2) is 11.0 Å². The number of hydrogen-bond donors (Lipinski definition) is 0. The number of halogens is 3. The highest BCUT2D eigenvalue weighted by molar-refractivity contribution is 8.14. The van der Waals surface area contributed by atoms with Gasteiger partial charge in [0.1, 0.15) is 12.1 Å². The van der Waals surface area contributed by atoms with Crippen molar-refractivity contribution in [3.8, 4) is 22.8 Å². The lowest BCUT2D eigenvalue weighted by molar-refractivity contribution is -0.274. The Morgan fingerprint density at radius 3 is 2.49 bits per heavy atom. The van der Waals surface area contributed by atoms with Crippen LogP contribution in [0.25, 0.3) is 17.1 Å². The molecule has 0 unspecified atom stereocenters. The van der Waals surface area contributed by atoms with Crippen molar-refractivity contribution in [2.24, 2.45) is 9.98 Å². The van der Waals surface area contributed by atoms with Gasteiger partial charge in [-0.05, 0) is 73.2 Å². The molecular formula is C33H33F3N6O2S. The van der Waals surface area contributed by atoms with Crippen molar-refractivity contribution in [3.63, 3.8) is 0 Å². The second-order valence-corrected chi connectivity index (χ2v) is 12.0. The molecule has 0 aliphatic carbocycles. The van der Waals surface area contributed by atoms with Crippen molar-refractivity contribution in [2.45, 2.75) is 52.8 Å². The smallest absolute Gasteiger partial charge is 0.406 e. The van der Waals surface area contributed by atoms with E-state index in [9.17, 15) is 18.0 Å². The Morgan fingerprint density at radius 1 is 1.07 bits per heavy atom. The van der Waals surface area contributed by atoms with Gasteiger partial charge in [-0.3, -0.25) is 0 Å². The minimum absolute atomic E-state index is 0.313. The summed E-state index contributed by atoms with van der Waals surface area (Å²) in [5.41, 5.74) is 6.47. The number of carbonyl (C=O) groups excluding carboxylic acids is 1. The molecule has 4 aromatic rings. The lowest BCUT2D eigenvalue weighted by Gasteiger charge is -2.32. The van der Waals surface area contributed by atoms with E-state index in [2.05, 4.69) is 62.6 Å². The predicted octanol–water partition coefficient (Wildman–Crippen LogP) is 8.39. The maximum absolute atomic E-state index is 12.9. The van der Waals surface area contributed by atoms with E-state index in [1.165, 1.54) is 46.4 Å². The Balaban J connectivity index is 1.24. The van der Waals surface area contributed by atoms with Gasteiger partial charge in [0.25, 0.3) is 0 Å². The van der Waals surface area contributed by atoms with Crippen LogP contribution in [0.1, 0.15) is 49.8 Å². The van der Waals surface area contributed by atoms with Gasteiger partial charge in [0, 0.05) is 35.7 Å². The number of amidine groups is 1. The van der Waals surface area contributed by atoms with Crippen LogP contribution in [0, 0.1) is 6.92 Å². The molecule has 1 aliphatic heterocycles. The van der Waals surface area contributed by atoms with E-state index in [-0.39, 0.29) is 5.75 Å². The second kappa shape index (κ2) is 13.7. The molecule has 45 heavy (non-hydrogen) atoms. The average molecular weight is 635 g/mol. The van der Waals surface area contributed by atoms with Gasteiger partial charge in [0.2, 0.25) is 0 Å². The lowest BCUT2D eigenvalue weighted by Crippen LogP contribution is -2.35. The number of urea groups is 1. The van der Waals surface area contributed by atoms with Crippen molar-refractivity contribution in [2.75, 3.05) is 17.2 Å². The first kappa shape index (κ1) is 32.0. The summed E-state index contributed by atoms with van der Waals surface area (Å²) < 4.78 is 42.7. The van der Waals surface area contributed by atoms with Crippen LogP contribution in [-0.4, -0.2) is 50.3 Å². The highest BCUT2D eigenvalue weighted by Crippen LogP contribution is 2.34. The number of ether oxygens (including phenoxy) is 1. The van der Waals surface area contributed by atoms with Crippen molar-refractivity contribution < 1.29 is 22.7 Å². The second-order valence-electron chi connectivity index (χ2n) is 11.0. The number of amides is 2. The minimum Gasteiger partial charge on any atom is -0.406 e. The first-order valence-electron chi connectivity index (χ1n) is 14.5. The molecule has 5 rings (SSSR count). The van der Waals surface area contributed by atoms with Crippen LogP contribution in [0.15, 0.2) is 83.0 Å². The zero-order chi connectivity index (χ0) is 32.1. The molecular weight excluding hydrogens is 601 g/mol. The van der Waals surface area contributed by atoms with Gasteiger partial charge >= 0.3 is 12.4 Å². The normalized spacial score (nSPS) is 15.2. The molecule has 1 fully saturated rings. The van der Waals surface area contributed by atoms with Gasteiger partial charge in [0.05, 0.1) is 5.69 Å². The van der Waals surface area contributed by atoms with Gasteiger partial charge in [-0.15, -0.1) is 18.3 Å². The van der Waals surface area contributed by atoms with Crippen LogP contribution in [0.2, 0.25) is 0 Å². The Kier molecular flexibility index (Phi) is 9.71.